The summed E-state index contributed by atoms with van der Waals surface area (Å²) in [5, 5.41) is 9.05. The molecule has 0 bridgehead atoms. The van der Waals surface area contributed by atoms with Crippen molar-refractivity contribution in [2.24, 2.45) is 0 Å². The Labute approximate surface area is 153 Å². The molecular weight excluding hydrogens is 299 g/mol. The zero-order valence-corrected chi connectivity index (χ0v) is 16.7. The molecule has 0 spiro atoms. The topological polar surface area (TPSA) is 77.4 Å². The molecule has 4 nitrogen and oxygen atoms in total. The van der Waals surface area contributed by atoms with Gasteiger partial charge in [-0.3, -0.25) is 0 Å². The number of hydrogen-bond donors (Lipinski definition) is 1. The SMILES string of the molecule is CCCCCCCCCCCCCCC(O)S(=O)(=O)[O-].[Na+]. The van der Waals surface area contributed by atoms with Gasteiger partial charge in [-0.15, -0.1) is 0 Å². The molecule has 0 aliphatic rings. The van der Waals surface area contributed by atoms with E-state index in [1.165, 1.54) is 51.4 Å². The average molecular weight is 330 g/mol. The van der Waals surface area contributed by atoms with E-state index in [4.69, 9.17) is 5.11 Å². The van der Waals surface area contributed by atoms with Crippen molar-refractivity contribution in [2.75, 3.05) is 0 Å². The summed E-state index contributed by atoms with van der Waals surface area (Å²) in [5.41, 5.74) is -1.72. The van der Waals surface area contributed by atoms with Gasteiger partial charge in [-0.25, -0.2) is 8.42 Å². The minimum Gasteiger partial charge on any atom is -0.746 e. The summed E-state index contributed by atoms with van der Waals surface area (Å²) in [6.45, 7) is 2.23. The Morgan fingerprint density at radius 2 is 1.14 bits per heavy atom. The predicted molar refractivity (Wildman–Crippen MR) is 81.4 cm³/mol. The van der Waals surface area contributed by atoms with E-state index in [1.54, 1.807) is 0 Å². The zero-order chi connectivity index (χ0) is 15.3. The number of unbranched alkanes of at least 4 members (excludes halogenated alkanes) is 11. The number of hydrogen-bond acceptors (Lipinski definition) is 4. The Morgan fingerprint density at radius 1 is 0.810 bits per heavy atom. The summed E-state index contributed by atoms with van der Waals surface area (Å²) < 4.78 is 31.4. The molecule has 0 saturated heterocycles. The minimum absolute atomic E-state index is 0. The van der Waals surface area contributed by atoms with Gasteiger partial charge in [0.15, 0.2) is 0 Å². The first-order chi connectivity index (χ1) is 9.48. The second kappa shape index (κ2) is 15.8. The van der Waals surface area contributed by atoms with Crippen molar-refractivity contribution in [3.63, 3.8) is 0 Å². The summed E-state index contributed by atoms with van der Waals surface area (Å²) in [6.07, 6.45) is 14.3. The van der Waals surface area contributed by atoms with Gasteiger partial charge >= 0.3 is 29.6 Å². The summed E-state index contributed by atoms with van der Waals surface area (Å²) in [6, 6.07) is 0. The van der Waals surface area contributed by atoms with E-state index in [0.717, 1.165) is 19.3 Å². The predicted octanol–water partition coefficient (Wildman–Crippen LogP) is 0.945. The first kappa shape index (κ1) is 24.1. The van der Waals surface area contributed by atoms with Crippen molar-refractivity contribution >= 4 is 10.1 Å². The number of rotatable bonds is 14. The van der Waals surface area contributed by atoms with Crippen LogP contribution >= 0.6 is 0 Å². The maximum Gasteiger partial charge on any atom is 1.00 e. The Hall–Kier alpha value is 0.870. The minimum atomic E-state index is -4.51. The van der Waals surface area contributed by atoms with Gasteiger partial charge in [0.2, 0.25) is 0 Å². The van der Waals surface area contributed by atoms with E-state index in [0.29, 0.717) is 6.42 Å². The quantitative estimate of drug-likeness (QED) is 0.292. The van der Waals surface area contributed by atoms with Crippen molar-refractivity contribution in [3.05, 3.63) is 0 Å². The van der Waals surface area contributed by atoms with Gasteiger partial charge in [0.1, 0.15) is 15.6 Å². The Morgan fingerprint density at radius 3 is 1.48 bits per heavy atom. The maximum absolute atomic E-state index is 10.5. The fourth-order valence-corrected chi connectivity index (χ4v) is 2.76. The Bertz CT molecular complexity index is 307. The normalized spacial score (nSPS) is 12.9. The van der Waals surface area contributed by atoms with Crippen LogP contribution in [0.25, 0.3) is 0 Å². The number of aliphatic hydroxyl groups is 1. The molecule has 0 aliphatic carbocycles. The molecule has 0 aromatic carbocycles. The van der Waals surface area contributed by atoms with Crippen LogP contribution < -0.4 is 29.6 Å². The molecule has 0 radical (unpaired) electrons. The van der Waals surface area contributed by atoms with Crippen LogP contribution in [0.3, 0.4) is 0 Å². The van der Waals surface area contributed by atoms with Crippen LogP contribution in [0, 0.1) is 0 Å². The van der Waals surface area contributed by atoms with Crippen LogP contribution in [0.2, 0.25) is 0 Å². The number of aliphatic hydroxyl groups excluding tert-OH is 1. The van der Waals surface area contributed by atoms with Crippen LogP contribution in [-0.4, -0.2) is 23.5 Å². The third-order valence-corrected chi connectivity index (χ3v) is 4.54. The molecule has 0 aliphatic heterocycles. The smallest absolute Gasteiger partial charge is 0.746 e. The van der Waals surface area contributed by atoms with E-state index in [-0.39, 0.29) is 36.0 Å². The molecule has 6 heteroatoms. The van der Waals surface area contributed by atoms with E-state index < -0.39 is 15.6 Å². The first-order valence-corrected chi connectivity index (χ1v) is 9.58. The summed E-state index contributed by atoms with van der Waals surface area (Å²) in [4.78, 5) is 0. The third kappa shape index (κ3) is 17.1. The van der Waals surface area contributed by atoms with Crippen molar-refractivity contribution in [1.82, 2.24) is 0 Å². The molecule has 1 atom stereocenters. The molecule has 1 unspecified atom stereocenters. The molecule has 21 heavy (non-hydrogen) atoms. The van der Waals surface area contributed by atoms with Gasteiger partial charge in [-0.2, -0.15) is 0 Å². The van der Waals surface area contributed by atoms with E-state index in [2.05, 4.69) is 6.92 Å². The summed E-state index contributed by atoms with van der Waals surface area (Å²) in [7, 11) is -4.51. The largest absolute Gasteiger partial charge is 1.00 e. The molecule has 1 N–H and O–H groups in total. The molecule has 0 amide bonds. The standard InChI is InChI=1S/C15H32O4S.Na/c1-2-3-4-5-6-7-8-9-10-11-12-13-14-15(16)20(17,18)19;/h15-16H,2-14H2,1H3,(H,17,18,19);/q;+1/p-1. The second-order valence-corrected chi connectivity index (χ2v) is 7.15. The Balaban J connectivity index is 0. The molecule has 0 aromatic heterocycles. The molecule has 0 fully saturated rings. The van der Waals surface area contributed by atoms with Crippen molar-refractivity contribution in [1.29, 1.82) is 0 Å². The summed E-state index contributed by atoms with van der Waals surface area (Å²) in [5.74, 6) is 0. The average Bonchev–Trinajstić information content (AvgIpc) is 2.38. The fraction of sp³-hybridized carbons (Fsp3) is 1.00. The van der Waals surface area contributed by atoms with E-state index >= 15 is 0 Å². The molecule has 122 valence electrons. The van der Waals surface area contributed by atoms with Crippen LogP contribution in [0.4, 0.5) is 0 Å². The van der Waals surface area contributed by atoms with Gasteiger partial charge in [0.25, 0.3) is 0 Å². The van der Waals surface area contributed by atoms with Gasteiger partial charge < -0.3 is 9.66 Å². The fourth-order valence-electron chi connectivity index (χ4n) is 2.30. The molecule has 0 rings (SSSR count). The Kier molecular flexibility index (Phi) is 18.1. The van der Waals surface area contributed by atoms with Crippen molar-refractivity contribution < 1.29 is 47.6 Å². The maximum atomic E-state index is 10.5. The van der Waals surface area contributed by atoms with Gasteiger partial charge in [0, 0.05) is 0 Å². The zero-order valence-electron chi connectivity index (χ0n) is 13.8. The van der Waals surface area contributed by atoms with Crippen molar-refractivity contribution in [2.45, 2.75) is 95.8 Å². The molecular formula is C15H31NaO4S. The van der Waals surface area contributed by atoms with Gasteiger partial charge in [0.05, 0.1) is 0 Å². The van der Waals surface area contributed by atoms with Crippen LogP contribution in [0.1, 0.15) is 90.4 Å². The van der Waals surface area contributed by atoms with E-state index in [9.17, 15) is 13.0 Å². The summed E-state index contributed by atoms with van der Waals surface area (Å²) >= 11 is 0. The third-order valence-electron chi connectivity index (χ3n) is 3.64. The van der Waals surface area contributed by atoms with E-state index in [1.807, 2.05) is 0 Å². The van der Waals surface area contributed by atoms with Gasteiger partial charge in [-0.1, -0.05) is 77.6 Å². The van der Waals surface area contributed by atoms with Crippen LogP contribution in [0.15, 0.2) is 0 Å². The van der Waals surface area contributed by atoms with Gasteiger partial charge in [-0.05, 0) is 12.8 Å². The molecule has 0 heterocycles. The monoisotopic (exact) mass is 330 g/mol. The molecule has 0 aromatic rings. The van der Waals surface area contributed by atoms with Crippen LogP contribution in [0.5, 0.6) is 0 Å². The molecule has 0 saturated carbocycles. The van der Waals surface area contributed by atoms with Crippen LogP contribution in [-0.2, 0) is 10.1 Å². The first-order valence-electron chi connectivity index (χ1n) is 8.11. The van der Waals surface area contributed by atoms with Crippen molar-refractivity contribution in [3.8, 4) is 0 Å². The second-order valence-electron chi connectivity index (χ2n) is 5.63.